The summed E-state index contributed by atoms with van der Waals surface area (Å²) in [6.07, 6.45) is 0. The molecule has 1 aromatic heterocycles. The predicted molar refractivity (Wildman–Crippen MR) is 107 cm³/mol. The highest BCUT2D eigenvalue weighted by Gasteiger charge is 2.07. The van der Waals surface area contributed by atoms with Crippen molar-refractivity contribution in [2.75, 3.05) is 17.2 Å². The summed E-state index contributed by atoms with van der Waals surface area (Å²) < 4.78 is 4.99. The Bertz CT molecular complexity index is 922. The number of aromatic nitrogens is 2. The van der Waals surface area contributed by atoms with E-state index >= 15 is 0 Å². The van der Waals surface area contributed by atoms with Gasteiger partial charge in [-0.2, -0.15) is 4.98 Å². The molecular weight excluding hydrogens is 340 g/mol. The molecule has 0 aliphatic rings. The number of carbonyl (C=O) groups is 1. The van der Waals surface area contributed by atoms with Crippen molar-refractivity contribution in [2.45, 2.75) is 20.8 Å². The molecule has 138 valence electrons. The largest absolute Gasteiger partial charge is 0.462 e. The van der Waals surface area contributed by atoms with Crippen molar-refractivity contribution in [3.63, 3.8) is 0 Å². The number of nitrogens with zero attached hydrogens (tertiary/aromatic N) is 2. The highest BCUT2D eigenvalue weighted by Crippen LogP contribution is 2.20. The molecule has 3 rings (SSSR count). The maximum absolute atomic E-state index is 11.7. The molecule has 6 heteroatoms. The summed E-state index contributed by atoms with van der Waals surface area (Å²) in [5.41, 5.74) is 4.30. The van der Waals surface area contributed by atoms with Crippen LogP contribution >= 0.6 is 0 Å². The molecule has 0 amide bonds. The molecule has 0 saturated carbocycles. The normalized spacial score (nSPS) is 10.3. The van der Waals surface area contributed by atoms with E-state index in [4.69, 9.17) is 4.74 Å². The van der Waals surface area contributed by atoms with Gasteiger partial charge in [0.25, 0.3) is 0 Å². The topological polar surface area (TPSA) is 76.1 Å². The second-order valence-corrected chi connectivity index (χ2v) is 6.13. The molecule has 0 spiro atoms. The van der Waals surface area contributed by atoms with Crippen molar-refractivity contribution in [1.82, 2.24) is 9.97 Å². The Hall–Kier alpha value is -3.41. The summed E-state index contributed by atoms with van der Waals surface area (Å²) in [7, 11) is 0. The Morgan fingerprint density at radius 3 is 2.22 bits per heavy atom. The molecule has 0 radical (unpaired) electrons. The Balaban J connectivity index is 1.74. The van der Waals surface area contributed by atoms with Gasteiger partial charge in [0.15, 0.2) is 0 Å². The third kappa shape index (κ3) is 5.04. The van der Waals surface area contributed by atoms with Crippen molar-refractivity contribution >= 4 is 29.1 Å². The molecule has 3 aromatic rings. The number of aryl methyl sites for hydroxylation is 2. The summed E-state index contributed by atoms with van der Waals surface area (Å²) in [5, 5.41) is 6.45. The standard InChI is InChI=1S/C21H22N4O2/c1-4-27-20(26)16-7-11-17(12-8-16)23-19-13-15(3)22-21(25-19)24-18-9-5-14(2)6-10-18/h5-13H,4H2,1-3H3,(H2,22,23,24,25). The molecule has 2 aromatic carbocycles. The molecule has 0 unspecified atom stereocenters. The first-order valence-corrected chi connectivity index (χ1v) is 8.77. The highest BCUT2D eigenvalue weighted by molar-refractivity contribution is 5.89. The summed E-state index contributed by atoms with van der Waals surface area (Å²) in [4.78, 5) is 20.7. The van der Waals surface area contributed by atoms with Crippen LogP contribution in [0.5, 0.6) is 0 Å². The van der Waals surface area contributed by atoms with Crippen LogP contribution in [0.2, 0.25) is 0 Å². The zero-order valence-corrected chi connectivity index (χ0v) is 15.6. The molecular formula is C21H22N4O2. The zero-order chi connectivity index (χ0) is 19.2. The van der Waals surface area contributed by atoms with Crippen LogP contribution in [-0.2, 0) is 4.74 Å². The lowest BCUT2D eigenvalue weighted by Crippen LogP contribution is -2.05. The third-order valence-corrected chi connectivity index (χ3v) is 3.83. The zero-order valence-electron chi connectivity index (χ0n) is 15.6. The van der Waals surface area contributed by atoms with E-state index < -0.39 is 0 Å². The van der Waals surface area contributed by atoms with Gasteiger partial charge in [-0.3, -0.25) is 0 Å². The molecule has 0 atom stereocenters. The van der Waals surface area contributed by atoms with Crippen LogP contribution in [0.3, 0.4) is 0 Å². The van der Waals surface area contributed by atoms with Crippen molar-refractivity contribution < 1.29 is 9.53 Å². The summed E-state index contributed by atoms with van der Waals surface area (Å²) in [5.74, 6) is 0.858. The van der Waals surface area contributed by atoms with Gasteiger partial charge in [-0.25, -0.2) is 9.78 Å². The second-order valence-electron chi connectivity index (χ2n) is 6.13. The van der Waals surface area contributed by atoms with E-state index in [-0.39, 0.29) is 5.97 Å². The van der Waals surface area contributed by atoms with E-state index in [1.54, 1.807) is 19.1 Å². The minimum atomic E-state index is -0.327. The van der Waals surface area contributed by atoms with Gasteiger partial charge in [0.1, 0.15) is 5.82 Å². The molecule has 0 saturated heterocycles. The van der Waals surface area contributed by atoms with Gasteiger partial charge in [-0.15, -0.1) is 0 Å². The van der Waals surface area contributed by atoms with Crippen molar-refractivity contribution in [2.24, 2.45) is 0 Å². The summed E-state index contributed by atoms with van der Waals surface area (Å²) >= 11 is 0. The maximum Gasteiger partial charge on any atom is 0.338 e. The number of hydrogen-bond acceptors (Lipinski definition) is 6. The van der Waals surface area contributed by atoms with Crippen LogP contribution in [0.4, 0.5) is 23.1 Å². The molecule has 27 heavy (non-hydrogen) atoms. The van der Waals surface area contributed by atoms with Crippen LogP contribution in [0, 0.1) is 13.8 Å². The van der Waals surface area contributed by atoms with Crippen LogP contribution < -0.4 is 10.6 Å². The molecule has 6 nitrogen and oxygen atoms in total. The van der Waals surface area contributed by atoms with Gasteiger partial charge in [0.2, 0.25) is 5.95 Å². The number of rotatable bonds is 6. The van der Waals surface area contributed by atoms with E-state index in [1.807, 2.05) is 56.3 Å². The Labute approximate surface area is 158 Å². The minimum Gasteiger partial charge on any atom is -0.462 e. The summed E-state index contributed by atoms with van der Waals surface area (Å²) in [6, 6.07) is 17.0. The molecule has 0 aliphatic carbocycles. The Morgan fingerprint density at radius 2 is 1.56 bits per heavy atom. The Morgan fingerprint density at radius 1 is 0.926 bits per heavy atom. The fourth-order valence-corrected chi connectivity index (χ4v) is 2.51. The number of nitrogens with one attached hydrogen (secondary N) is 2. The molecule has 2 N–H and O–H groups in total. The molecule has 0 bridgehead atoms. The highest BCUT2D eigenvalue weighted by atomic mass is 16.5. The molecule has 1 heterocycles. The summed E-state index contributed by atoms with van der Waals surface area (Å²) in [6.45, 7) is 6.10. The fourth-order valence-electron chi connectivity index (χ4n) is 2.51. The first kappa shape index (κ1) is 18.4. The van der Waals surface area contributed by atoms with E-state index in [9.17, 15) is 4.79 Å². The van der Waals surface area contributed by atoms with Gasteiger partial charge in [-0.1, -0.05) is 17.7 Å². The number of ether oxygens (including phenoxy) is 1. The number of carbonyl (C=O) groups excluding carboxylic acids is 1. The first-order valence-electron chi connectivity index (χ1n) is 8.77. The maximum atomic E-state index is 11.7. The van der Waals surface area contributed by atoms with E-state index in [1.165, 1.54) is 5.56 Å². The average Bonchev–Trinajstić information content (AvgIpc) is 2.64. The lowest BCUT2D eigenvalue weighted by molar-refractivity contribution is 0.0526. The van der Waals surface area contributed by atoms with Crippen LogP contribution in [0.1, 0.15) is 28.5 Å². The van der Waals surface area contributed by atoms with Gasteiger partial charge < -0.3 is 15.4 Å². The van der Waals surface area contributed by atoms with Gasteiger partial charge in [0.05, 0.1) is 12.2 Å². The number of esters is 1. The third-order valence-electron chi connectivity index (χ3n) is 3.83. The van der Waals surface area contributed by atoms with E-state index in [2.05, 4.69) is 20.6 Å². The van der Waals surface area contributed by atoms with Crippen LogP contribution in [0.15, 0.2) is 54.6 Å². The quantitative estimate of drug-likeness (QED) is 0.616. The van der Waals surface area contributed by atoms with E-state index in [0.29, 0.717) is 23.9 Å². The van der Waals surface area contributed by atoms with E-state index in [0.717, 1.165) is 17.1 Å². The number of hydrogen-bond donors (Lipinski definition) is 2. The monoisotopic (exact) mass is 362 g/mol. The first-order chi connectivity index (χ1) is 13.0. The minimum absolute atomic E-state index is 0.327. The molecule has 0 fully saturated rings. The molecule has 0 aliphatic heterocycles. The van der Waals surface area contributed by atoms with Crippen LogP contribution in [-0.4, -0.2) is 22.5 Å². The number of benzene rings is 2. The smallest absolute Gasteiger partial charge is 0.338 e. The fraction of sp³-hybridized carbons (Fsp3) is 0.190. The van der Waals surface area contributed by atoms with Crippen LogP contribution in [0.25, 0.3) is 0 Å². The lowest BCUT2D eigenvalue weighted by Gasteiger charge is -2.10. The van der Waals surface area contributed by atoms with Crippen molar-refractivity contribution in [3.8, 4) is 0 Å². The van der Waals surface area contributed by atoms with Gasteiger partial charge >= 0.3 is 5.97 Å². The second kappa shape index (κ2) is 8.31. The van der Waals surface area contributed by atoms with Gasteiger partial charge in [-0.05, 0) is 57.2 Å². The lowest BCUT2D eigenvalue weighted by atomic mass is 10.2. The Kier molecular flexibility index (Phi) is 5.66. The average molecular weight is 362 g/mol. The van der Waals surface area contributed by atoms with Gasteiger partial charge in [0, 0.05) is 23.1 Å². The number of anilines is 4. The van der Waals surface area contributed by atoms with Crippen molar-refractivity contribution in [3.05, 3.63) is 71.4 Å². The SMILES string of the molecule is CCOC(=O)c1ccc(Nc2cc(C)nc(Nc3ccc(C)cc3)n2)cc1. The predicted octanol–water partition coefficient (Wildman–Crippen LogP) is 4.76. The van der Waals surface area contributed by atoms with Crippen molar-refractivity contribution in [1.29, 1.82) is 0 Å².